The highest BCUT2D eigenvalue weighted by atomic mass is 16.5. The van der Waals surface area contributed by atoms with Crippen LogP contribution in [0.1, 0.15) is 11.1 Å². The zero-order valence-corrected chi connectivity index (χ0v) is 12.4. The van der Waals surface area contributed by atoms with Gasteiger partial charge >= 0.3 is 5.97 Å². The summed E-state index contributed by atoms with van der Waals surface area (Å²) in [7, 11) is 1.22. The van der Waals surface area contributed by atoms with Crippen LogP contribution in [0.3, 0.4) is 0 Å². The summed E-state index contributed by atoms with van der Waals surface area (Å²) in [5, 5.41) is 0. The van der Waals surface area contributed by atoms with E-state index in [-0.39, 0.29) is 11.3 Å². The Morgan fingerprint density at radius 3 is 2.68 bits per heavy atom. The summed E-state index contributed by atoms with van der Waals surface area (Å²) in [6, 6.07) is 4.66. The van der Waals surface area contributed by atoms with E-state index < -0.39 is 23.8 Å². The van der Waals surface area contributed by atoms with Gasteiger partial charge in [-0.05, 0) is 31.0 Å². The number of carbonyl (C=O) groups excluding carboxylic acids is 3. The predicted octanol–water partition coefficient (Wildman–Crippen LogP) is 0.0801. The minimum atomic E-state index is -0.874. The van der Waals surface area contributed by atoms with Gasteiger partial charge in [-0.2, -0.15) is 0 Å². The van der Waals surface area contributed by atoms with E-state index in [9.17, 15) is 14.4 Å². The van der Waals surface area contributed by atoms with Gasteiger partial charge in [0.25, 0.3) is 11.8 Å². The van der Waals surface area contributed by atoms with Crippen LogP contribution in [0.4, 0.5) is 5.69 Å². The molecule has 7 nitrogen and oxygen atoms in total. The Morgan fingerprint density at radius 2 is 2.00 bits per heavy atom. The van der Waals surface area contributed by atoms with Crippen LogP contribution >= 0.6 is 0 Å². The van der Waals surface area contributed by atoms with Crippen LogP contribution in [0.5, 0.6) is 0 Å². The number of hydrogen-bond acceptors (Lipinski definition) is 6. The van der Waals surface area contributed by atoms with E-state index in [1.165, 1.54) is 7.11 Å². The summed E-state index contributed by atoms with van der Waals surface area (Å²) >= 11 is 0. The number of nitrogens with one attached hydrogen (secondary N) is 2. The molecule has 0 aliphatic carbocycles. The van der Waals surface area contributed by atoms with Gasteiger partial charge in [-0.15, -0.1) is 0 Å². The van der Waals surface area contributed by atoms with E-state index in [2.05, 4.69) is 15.6 Å². The normalized spacial score (nSPS) is 20.3. The monoisotopic (exact) mass is 301 g/mol. The Morgan fingerprint density at radius 1 is 1.27 bits per heavy atom. The smallest absolute Gasteiger partial charge is 0.356 e. The largest absolute Gasteiger partial charge is 0.464 e. The minimum absolute atomic E-state index is 0.0151. The first-order chi connectivity index (χ1) is 10.5. The van der Waals surface area contributed by atoms with Crippen molar-refractivity contribution in [2.75, 3.05) is 12.0 Å². The second-order valence-electron chi connectivity index (χ2n) is 5.25. The fourth-order valence-corrected chi connectivity index (χ4v) is 2.64. The van der Waals surface area contributed by atoms with Gasteiger partial charge in [-0.1, -0.05) is 12.1 Å². The average molecular weight is 301 g/mol. The molecular formula is C15H15N3O4. The summed E-state index contributed by atoms with van der Waals surface area (Å²) in [6.45, 7) is 3.71. The fraction of sp³-hybridized carbons (Fsp3) is 0.267. The molecule has 2 N–H and O–H groups in total. The third kappa shape index (κ3) is 1.90. The first kappa shape index (κ1) is 14.3. The molecule has 0 saturated carbocycles. The lowest BCUT2D eigenvalue weighted by Crippen LogP contribution is -2.43. The first-order valence-corrected chi connectivity index (χ1v) is 6.75. The first-order valence-electron chi connectivity index (χ1n) is 6.75. The molecule has 1 aromatic carbocycles. The number of rotatable bonds is 2. The summed E-state index contributed by atoms with van der Waals surface area (Å²) in [5.41, 5.74) is 7.57. The summed E-state index contributed by atoms with van der Waals surface area (Å²) in [6.07, 6.45) is 0. The maximum absolute atomic E-state index is 12.7. The van der Waals surface area contributed by atoms with Crippen LogP contribution in [0, 0.1) is 13.8 Å². The van der Waals surface area contributed by atoms with Gasteiger partial charge in [0.05, 0.1) is 18.4 Å². The number of benzene rings is 1. The van der Waals surface area contributed by atoms with Gasteiger partial charge in [0, 0.05) is 0 Å². The van der Waals surface area contributed by atoms with Crippen molar-refractivity contribution in [2.24, 2.45) is 0 Å². The molecule has 1 fully saturated rings. The van der Waals surface area contributed by atoms with Crippen molar-refractivity contribution in [1.29, 1.82) is 0 Å². The zero-order chi connectivity index (χ0) is 16.0. The van der Waals surface area contributed by atoms with Gasteiger partial charge in [-0.25, -0.2) is 15.1 Å². The molecule has 3 rings (SSSR count). The Labute approximate surface area is 126 Å². The van der Waals surface area contributed by atoms with E-state index in [1.807, 2.05) is 26.0 Å². The molecule has 0 spiro atoms. The van der Waals surface area contributed by atoms with Crippen LogP contribution in [0.15, 0.2) is 29.5 Å². The number of fused-ring (bicyclic) bond motifs is 1. The summed E-state index contributed by atoms with van der Waals surface area (Å²) in [5.74, 6) is -1.62. The molecule has 7 heteroatoms. The predicted molar refractivity (Wildman–Crippen MR) is 77.5 cm³/mol. The number of ether oxygens (including phenoxy) is 1. The lowest BCUT2D eigenvalue weighted by Gasteiger charge is -2.18. The number of carbonyl (C=O) groups is 3. The van der Waals surface area contributed by atoms with Gasteiger partial charge in [-0.3, -0.25) is 9.59 Å². The molecule has 2 heterocycles. The molecule has 0 aromatic heterocycles. The Balaban J connectivity index is 2.10. The van der Waals surface area contributed by atoms with Crippen LogP contribution in [-0.2, 0) is 19.1 Å². The highest BCUT2D eigenvalue weighted by Gasteiger charge is 2.50. The maximum atomic E-state index is 12.7. The topological polar surface area (TPSA) is 87.7 Å². The van der Waals surface area contributed by atoms with Crippen LogP contribution < -0.4 is 15.8 Å². The van der Waals surface area contributed by atoms with Crippen molar-refractivity contribution in [2.45, 2.75) is 19.9 Å². The van der Waals surface area contributed by atoms with Crippen molar-refractivity contribution in [3.05, 3.63) is 40.6 Å². The zero-order valence-electron chi connectivity index (χ0n) is 12.4. The lowest BCUT2D eigenvalue weighted by molar-refractivity contribution is -0.137. The van der Waals surface area contributed by atoms with Crippen LogP contribution in [0.2, 0.25) is 0 Å². The molecule has 2 aliphatic heterocycles. The molecule has 0 radical (unpaired) electrons. The highest BCUT2D eigenvalue weighted by molar-refractivity contribution is 6.33. The Kier molecular flexibility index (Phi) is 3.22. The summed E-state index contributed by atoms with van der Waals surface area (Å²) in [4.78, 5) is 38.0. The number of imide groups is 1. The van der Waals surface area contributed by atoms with Crippen molar-refractivity contribution >= 4 is 23.5 Å². The summed E-state index contributed by atoms with van der Waals surface area (Å²) < 4.78 is 4.63. The maximum Gasteiger partial charge on any atom is 0.356 e. The third-order valence-electron chi connectivity index (χ3n) is 3.80. The number of anilines is 1. The van der Waals surface area contributed by atoms with Gasteiger partial charge < -0.3 is 10.2 Å². The van der Waals surface area contributed by atoms with Crippen molar-refractivity contribution < 1.29 is 19.1 Å². The SMILES string of the molecule is COC(=O)C1=C2C(=O)N(c3cc(C)ccc3C)C(=O)C2NN1. The molecular weight excluding hydrogens is 286 g/mol. The Bertz CT molecular complexity index is 738. The van der Waals surface area contributed by atoms with E-state index in [1.54, 1.807) is 6.07 Å². The number of nitrogens with zero attached hydrogens (tertiary/aromatic N) is 1. The minimum Gasteiger partial charge on any atom is -0.464 e. The van der Waals surface area contributed by atoms with Gasteiger partial charge in [0.2, 0.25) is 0 Å². The van der Waals surface area contributed by atoms with Crippen molar-refractivity contribution in [3.8, 4) is 0 Å². The molecule has 1 unspecified atom stereocenters. The van der Waals surface area contributed by atoms with Crippen molar-refractivity contribution in [1.82, 2.24) is 10.9 Å². The molecule has 1 aromatic rings. The molecule has 2 amide bonds. The quantitative estimate of drug-likeness (QED) is 0.594. The van der Waals surface area contributed by atoms with E-state index >= 15 is 0 Å². The molecule has 2 aliphatic rings. The van der Waals surface area contributed by atoms with E-state index in [0.717, 1.165) is 16.0 Å². The number of hydrogen-bond donors (Lipinski definition) is 2. The van der Waals surface area contributed by atoms with Crippen LogP contribution in [-0.4, -0.2) is 30.9 Å². The number of aryl methyl sites for hydroxylation is 2. The molecule has 0 bridgehead atoms. The van der Waals surface area contributed by atoms with Crippen LogP contribution in [0.25, 0.3) is 0 Å². The lowest BCUT2D eigenvalue weighted by atomic mass is 10.1. The second-order valence-corrected chi connectivity index (χ2v) is 5.25. The van der Waals surface area contributed by atoms with E-state index in [4.69, 9.17) is 0 Å². The number of amides is 2. The molecule has 114 valence electrons. The third-order valence-corrected chi connectivity index (χ3v) is 3.80. The van der Waals surface area contributed by atoms with E-state index in [0.29, 0.717) is 5.69 Å². The number of esters is 1. The highest BCUT2D eigenvalue weighted by Crippen LogP contribution is 2.32. The number of methoxy groups -OCH3 is 1. The van der Waals surface area contributed by atoms with Gasteiger partial charge in [0.1, 0.15) is 11.7 Å². The molecule has 1 saturated heterocycles. The van der Waals surface area contributed by atoms with Crippen molar-refractivity contribution in [3.63, 3.8) is 0 Å². The standard InChI is InChI=1S/C15H15N3O4/c1-7-4-5-8(2)9(6-7)18-13(19)10-11(14(18)20)16-17-12(10)15(21)22-3/h4-6,11,16-17H,1-3H3. The second kappa shape index (κ2) is 4.96. The number of hydrazine groups is 1. The Hall–Kier alpha value is -2.67. The molecule has 1 atom stereocenters. The average Bonchev–Trinajstić information content (AvgIpc) is 3.03. The fourth-order valence-electron chi connectivity index (χ4n) is 2.64. The molecule has 22 heavy (non-hydrogen) atoms. The van der Waals surface area contributed by atoms with Gasteiger partial charge in [0.15, 0.2) is 0 Å².